The van der Waals surface area contributed by atoms with Gasteiger partial charge in [0.05, 0.1) is 6.54 Å². The molecule has 0 atom stereocenters. The van der Waals surface area contributed by atoms with Gasteiger partial charge in [-0.2, -0.15) is 0 Å². The molecule has 1 N–H and O–H groups in total. The highest BCUT2D eigenvalue weighted by molar-refractivity contribution is 5.85. The van der Waals surface area contributed by atoms with Crippen LogP contribution in [0.15, 0.2) is 24.3 Å². The molecule has 116 valence electrons. The zero-order valence-electron chi connectivity index (χ0n) is 13.1. The Kier molecular flexibility index (Phi) is 5.88. The number of likely N-dealkylation sites (N-methyl/N-ethyl adjacent to an activating group) is 1. The molecule has 0 unspecified atom stereocenters. The van der Waals surface area contributed by atoms with Crippen LogP contribution in [-0.2, 0) is 16.0 Å². The van der Waals surface area contributed by atoms with E-state index in [9.17, 15) is 14.0 Å². The minimum Gasteiger partial charge on any atom is -0.350 e. The van der Waals surface area contributed by atoms with Crippen molar-refractivity contribution in [1.82, 2.24) is 10.2 Å². The molecular weight excluding hydrogens is 271 g/mol. The lowest BCUT2D eigenvalue weighted by molar-refractivity contribution is -0.135. The number of hydrogen-bond acceptors (Lipinski definition) is 2. The van der Waals surface area contributed by atoms with Crippen LogP contribution in [0.4, 0.5) is 4.39 Å². The topological polar surface area (TPSA) is 49.4 Å². The number of aryl methyl sites for hydroxylation is 1. The number of nitrogens with one attached hydrogen (secondary N) is 1. The summed E-state index contributed by atoms with van der Waals surface area (Å²) in [7, 11) is 1.58. The number of benzene rings is 1. The van der Waals surface area contributed by atoms with E-state index in [1.54, 1.807) is 25.2 Å². The van der Waals surface area contributed by atoms with E-state index in [-0.39, 0.29) is 36.1 Å². The van der Waals surface area contributed by atoms with Gasteiger partial charge in [0.15, 0.2) is 0 Å². The van der Waals surface area contributed by atoms with Crippen molar-refractivity contribution in [1.29, 1.82) is 0 Å². The highest BCUT2D eigenvalue weighted by Gasteiger charge is 2.17. The van der Waals surface area contributed by atoms with Crippen molar-refractivity contribution in [3.05, 3.63) is 35.6 Å². The Bertz CT molecular complexity index is 509. The summed E-state index contributed by atoms with van der Waals surface area (Å²) in [6.45, 7) is 5.65. The Morgan fingerprint density at radius 2 is 1.86 bits per heavy atom. The molecule has 0 saturated heterocycles. The average Bonchev–Trinajstić information content (AvgIpc) is 2.34. The van der Waals surface area contributed by atoms with Crippen LogP contribution >= 0.6 is 0 Å². The van der Waals surface area contributed by atoms with E-state index >= 15 is 0 Å². The van der Waals surface area contributed by atoms with Crippen LogP contribution in [0.25, 0.3) is 0 Å². The summed E-state index contributed by atoms with van der Waals surface area (Å²) in [5, 5.41) is 2.79. The van der Waals surface area contributed by atoms with E-state index in [0.717, 1.165) is 0 Å². The highest BCUT2D eigenvalue weighted by atomic mass is 19.1. The predicted molar refractivity (Wildman–Crippen MR) is 80.3 cm³/mol. The Hall–Kier alpha value is -1.91. The first-order chi connectivity index (χ1) is 9.69. The minimum absolute atomic E-state index is 0.00732. The second-order valence-corrected chi connectivity index (χ2v) is 6.14. The normalized spacial score (nSPS) is 11.1. The lowest BCUT2D eigenvalue weighted by Gasteiger charge is -2.23. The van der Waals surface area contributed by atoms with Crippen molar-refractivity contribution < 1.29 is 14.0 Å². The summed E-state index contributed by atoms with van der Waals surface area (Å²) in [6.07, 6.45) is 0.511. The fourth-order valence-corrected chi connectivity index (χ4v) is 1.89. The number of rotatable bonds is 5. The number of carbonyl (C=O) groups is 2. The Morgan fingerprint density at radius 1 is 1.24 bits per heavy atom. The van der Waals surface area contributed by atoms with E-state index in [1.165, 1.54) is 11.0 Å². The molecular formula is C16H23FN2O2. The first-order valence-corrected chi connectivity index (χ1v) is 6.97. The predicted octanol–water partition coefficient (Wildman–Crippen LogP) is 2.13. The number of hydrogen-bond donors (Lipinski definition) is 1. The quantitative estimate of drug-likeness (QED) is 0.904. The number of nitrogens with zero attached hydrogens (tertiary/aromatic N) is 1. The fourth-order valence-electron chi connectivity index (χ4n) is 1.89. The molecule has 0 aliphatic heterocycles. The van der Waals surface area contributed by atoms with Crippen molar-refractivity contribution in [3.63, 3.8) is 0 Å². The van der Waals surface area contributed by atoms with Crippen LogP contribution in [-0.4, -0.2) is 35.8 Å². The molecule has 21 heavy (non-hydrogen) atoms. The highest BCUT2D eigenvalue weighted by Crippen LogP contribution is 2.09. The van der Waals surface area contributed by atoms with Crippen molar-refractivity contribution in [2.75, 3.05) is 13.6 Å². The molecule has 1 rings (SSSR count). The molecule has 0 saturated carbocycles. The average molecular weight is 294 g/mol. The maximum atomic E-state index is 13.4. The first kappa shape index (κ1) is 17.1. The third-order valence-corrected chi connectivity index (χ3v) is 2.89. The van der Waals surface area contributed by atoms with Gasteiger partial charge in [0.1, 0.15) is 5.82 Å². The van der Waals surface area contributed by atoms with Gasteiger partial charge in [-0.05, 0) is 38.8 Å². The third kappa shape index (κ3) is 6.38. The zero-order chi connectivity index (χ0) is 16.0. The minimum atomic E-state index is -0.325. The van der Waals surface area contributed by atoms with Gasteiger partial charge < -0.3 is 10.2 Å². The van der Waals surface area contributed by atoms with Crippen LogP contribution in [0, 0.1) is 5.82 Å². The standard InChI is InChI=1S/C16H23FN2O2/c1-16(2,3)18-14(20)11-19(4)15(21)10-9-12-7-5-6-8-13(12)17/h5-8H,9-11H2,1-4H3,(H,18,20). The summed E-state index contributed by atoms with van der Waals surface area (Å²) < 4.78 is 13.4. The lowest BCUT2D eigenvalue weighted by atomic mass is 10.1. The first-order valence-electron chi connectivity index (χ1n) is 6.97. The van der Waals surface area contributed by atoms with Gasteiger partial charge in [0.2, 0.25) is 11.8 Å². The second-order valence-electron chi connectivity index (χ2n) is 6.14. The summed E-state index contributed by atoms with van der Waals surface area (Å²) in [5.74, 6) is -0.690. The van der Waals surface area contributed by atoms with E-state index < -0.39 is 0 Å². The van der Waals surface area contributed by atoms with Crippen LogP contribution in [0.3, 0.4) is 0 Å². The SMILES string of the molecule is CN(CC(=O)NC(C)(C)C)C(=O)CCc1ccccc1F. The molecule has 0 spiro atoms. The summed E-state index contributed by atoms with van der Waals surface area (Å²) in [6, 6.07) is 6.39. The van der Waals surface area contributed by atoms with E-state index in [1.807, 2.05) is 20.8 Å². The Balaban J connectivity index is 2.45. The van der Waals surface area contributed by atoms with Gasteiger partial charge in [-0.25, -0.2) is 4.39 Å². The van der Waals surface area contributed by atoms with Crippen LogP contribution in [0.1, 0.15) is 32.8 Å². The maximum absolute atomic E-state index is 13.4. The molecule has 0 aliphatic carbocycles. The molecule has 0 fully saturated rings. The molecule has 0 radical (unpaired) electrons. The summed E-state index contributed by atoms with van der Waals surface area (Å²) in [4.78, 5) is 25.1. The summed E-state index contributed by atoms with van der Waals surface area (Å²) >= 11 is 0. The number of amides is 2. The monoisotopic (exact) mass is 294 g/mol. The van der Waals surface area contributed by atoms with Gasteiger partial charge in [-0.15, -0.1) is 0 Å². The largest absolute Gasteiger partial charge is 0.350 e. The van der Waals surface area contributed by atoms with Gasteiger partial charge in [-0.3, -0.25) is 9.59 Å². The molecule has 0 bridgehead atoms. The Morgan fingerprint density at radius 3 is 2.43 bits per heavy atom. The van der Waals surface area contributed by atoms with Crippen molar-refractivity contribution in [2.45, 2.75) is 39.2 Å². The van der Waals surface area contributed by atoms with E-state index in [4.69, 9.17) is 0 Å². The smallest absolute Gasteiger partial charge is 0.240 e. The third-order valence-electron chi connectivity index (χ3n) is 2.89. The van der Waals surface area contributed by atoms with Gasteiger partial charge in [0.25, 0.3) is 0 Å². The lowest BCUT2D eigenvalue weighted by Crippen LogP contribution is -2.46. The molecule has 0 aromatic heterocycles. The second kappa shape index (κ2) is 7.20. The molecule has 2 amide bonds. The van der Waals surface area contributed by atoms with Crippen LogP contribution in [0.5, 0.6) is 0 Å². The van der Waals surface area contributed by atoms with E-state index in [2.05, 4.69) is 5.32 Å². The van der Waals surface area contributed by atoms with Crippen LogP contribution < -0.4 is 5.32 Å². The van der Waals surface area contributed by atoms with Gasteiger partial charge >= 0.3 is 0 Å². The molecule has 1 aromatic rings. The maximum Gasteiger partial charge on any atom is 0.240 e. The van der Waals surface area contributed by atoms with Crippen LogP contribution in [0.2, 0.25) is 0 Å². The van der Waals surface area contributed by atoms with Crippen molar-refractivity contribution in [3.8, 4) is 0 Å². The van der Waals surface area contributed by atoms with Crippen molar-refractivity contribution in [2.24, 2.45) is 0 Å². The molecule has 0 aliphatic rings. The Labute approximate surface area is 125 Å². The molecule has 4 nitrogen and oxygen atoms in total. The van der Waals surface area contributed by atoms with Gasteiger partial charge in [-0.1, -0.05) is 18.2 Å². The van der Waals surface area contributed by atoms with Gasteiger partial charge in [0, 0.05) is 19.0 Å². The fraction of sp³-hybridized carbons (Fsp3) is 0.500. The van der Waals surface area contributed by atoms with Crippen molar-refractivity contribution >= 4 is 11.8 Å². The number of halogens is 1. The zero-order valence-corrected chi connectivity index (χ0v) is 13.1. The molecule has 0 heterocycles. The molecule has 5 heteroatoms. The molecule has 1 aromatic carbocycles. The summed E-state index contributed by atoms with van der Waals surface area (Å²) in [5.41, 5.74) is 0.187. The number of carbonyl (C=O) groups excluding carboxylic acids is 2. The van der Waals surface area contributed by atoms with E-state index in [0.29, 0.717) is 12.0 Å².